The summed E-state index contributed by atoms with van der Waals surface area (Å²) in [4.78, 5) is 4.42. The van der Waals surface area contributed by atoms with Gasteiger partial charge in [0.25, 0.3) is 0 Å². The second-order valence-electron chi connectivity index (χ2n) is 5.64. The quantitative estimate of drug-likeness (QED) is 0.289. The van der Waals surface area contributed by atoms with E-state index < -0.39 is 0 Å². The van der Waals surface area contributed by atoms with Crippen molar-refractivity contribution in [3.63, 3.8) is 0 Å². The van der Waals surface area contributed by atoms with Crippen molar-refractivity contribution >= 4 is 34.1 Å². The van der Waals surface area contributed by atoms with Gasteiger partial charge in [0.2, 0.25) is 0 Å². The molecule has 142 valence electrons. The van der Waals surface area contributed by atoms with E-state index in [2.05, 4.69) is 30.0 Å². The molecule has 4 heteroatoms. The smallest absolute Gasteiger partial charge is 0.0926 e. The molecule has 0 radical (unpaired) electrons. The molecular formula is C22H28Cl2FN. The second-order valence-corrected chi connectivity index (χ2v) is 6.40. The number of alkyl halides is 1. The van der Waals surface area contributed by atoms with Gasteiger partial charge < -0.3 is 0 Å². The minimum atomic E-state index is -0.120. The molecule has 0 aliphatic carbocycles. The molecule has 1 nitrogen and oxygen atoms in total. The van der Waals surface area contributed by atoms with Crippen molar-refractivity contribution in [1.82, 2.24) is 4.98 Å². The number of aryl methyl sites for hydroxylation is 2. The van der Waals surface area contributed by atoms with Crippen molar-refractivity contribution in [2.24, 2.45) is 0 Å². The zero-order chi connectivity index (χ0) is 18.8. The van der Waals surface area contributed by atoms with Crippen LogP contribution >= 0.6 is 23.2 Å². The summed E-state index contributed by atoms with van der Waals surface area (Å²) in [5, 5.41) is 1.57. The molecule has 0 bridgehead atoms. The molecule has 0 saturated carbocycles. The van der Waals surface area contributed by atoms with Crippen molar-refractivity contribution < 1.29 is 4.39 Å². The fourth-order valence-corrected chi connectivity index (χ4v) is 2.81. The number of hydrogen-bond donors (Lipinski definition) is 0. The molecule has 26 heavy (non-hydrogen) atoms. The van der Waals surface area contributed by atoms with E-state index in [-0.39, 0.29) is 13.3 Å². The van der Waals surface area contributed by atoms with Crippen LogP contribution in [0.4, 0.5) is 4.39 Å². The Hall–Kier alpha value is -1.56. The van der Waals surface area contributed by atoms with Gasteiger partial charge in [0, 0.05) is 17.5 Å². The van der Waals surface area contributed by atoms with Crippen molar-refractivity contribution in [3.8, 4) is 12.3 Å². The largest absolute Gasteiger partial charge is 0.255 e. The van der Waals surface area contributed by atoms with Crippen molar-refractivity contribution in [3.05, 3.63) is 51.9 Å². The van der Waals surface area contributed by atoms with Gasteiger partial charge in [0.15, 0.2) is 0 Å². The molecule has 1 heterocycles. The topological polar surface area (TPSA) is 12.9 Å². The van der Waals surface area contributed by atoms with Crippen molar-refractivity contribution in [2.75, 3.05) is 5.88 Å². The summed E-state index contributed by atoms with van der Waals surface area (Å²) in [7, 11) is 0. The molecule has 1 aromatic heterocycles. The van der Waals surface area contributed by atoms with E-state index in [1.165, 1.54) is 24.1 Å². The maximum atomic E-state index is 11.3. The van der Waals surface area contributed by atoms with Crippen LogP contribution in [0.2, 0.25) is 5.02 Å². The first-order valence-electron chi connectivity index (χ1n) is 8.39. The van der Waals surface area contributed by atoms with Crippen LogP contribution in [0, 0.1) is 12.3 Å². The lowest BCUT2D eigenvalue weighted by Gasteiger charge is -2.11. The molecule has 0 saturated heterocycles. The van der Waals surface area contributed by atoms with Gasteiger partial charge >= 0.3 is 0 Å². The Labute approximate surface area is 167 Å². The fourth-order valence-electron chi connectivity index (χ4n) is 2.37. The number of benzene rings is 1. The third-order valence-corrected chi connectivity index (χ3v) is 4.56. The highest BCUT2D eigenvalue weighted by Gasteiger charge is 2.09. The Balaban J connectivity index is 0.000000923. The van der Waals surface area contributed by atoms with Crippen molar-refractivity contribution in [2.45, 2.75) is 53.9 Å². The van der Waals surface area contributed by atoms with Gasteiger partial charge in [-0.25, -0.2) is 4.39 Å². The van der Waals surface area contributed by atoms with E-state index in [9.17, 15) is 4.39 Å². The number of halogens is 3. The van der Waals surface area contributed by atoms with Crippen LogP contribution in [-0.2, 0) is 12.8 Å². The molecule has 0 aliphatic rings. The molecule has 0 atom stereocenters. The predicted octanol–water partition coefficient (Wildman–Crippen LogP) is 7.51. The molecule has 0 spiro atoms. The van der Waals surface area contributed by atoms with Crippen LogP contribution in [0.5, 0.6) is 0 Å². The lowest BCUT2D eigenvalue weighted by Crippen LogP contribution is -1.96. The zero-order valence-corrected chi connectivity index (χ0v) is 16.5. The van der Waals surface area contributed by atoms with Gasteiger partial charge in [-0.1, -0.05) is 37.9 Å². The number of hydrogen-bond acceptors (Lipinski definition) is 1. The number of rotatable bonds is 5. The van der Waals surface area contributed by atoms with Crippen LogP contribution in [0.1, 0.15) is 57.7 Å². The monoisotopic (exact) mass is 395 g/mol. The number of unbranched alkanes of at least 4 members (excludes halogenated alkanes) is 1. The molecular weight excluding hydrogens is 368 g/mol. The summed E-state index contributed by atoms with van der Waals surface area (Å²) in [5.74, 6) is 3.16. The summed E-state index contributed by atoms with van der Waals surface area (Å²) in [6, 6.07) is 4.26. The molecule has 2 rings (SSSR count). The molecule has 0 N–H and O–H groups in total. The Morgan fingerprint density at radius 3 is 2.46 bits per heavy atom. The van der Waals surface area contributed by atoms with Gasteiger partial charge in [-0.05, 0) is 62.8 Å². The molecule has 1 aromatic carbocycles. The molecule has 2 aromatic rings. The number of fused-ring (bicyclic) bond motifs is 1. The van der Waals surface area contributed by atoms with Crippen LogP contribution in [-0.4, -0.2) is 10.9 Å². The van der Waals surface area contributed by atoms with Crippen LogP contribution in [0.25, 0.3) is 10.9 Å². The first-order valence-corrected chi connectivity index (χ1v) is 9.30. The molecule has 0 aliphatic heterocycles. The Kier molecular flexibility index (Phi) is 12.0. The van der Waals surface area contributed by atoms with E-state index in [0.29, 0.717) is 16.5 Å². The number of nitrogens with zero attached hydrogens (tertiary/aromatic N) is 1. The van der Waals surface area contributed by atoms with E-state index in [0.717, 1.165) is 36.6 Å². The highest BCUT2D eigenvalue weighted by Crippen LogP contribution is 2.29. The second kappa shape index (κ2) is 12.7. The molecule has 0 amide bonds. The van der Waals surface area contributed by atoms with Crippen LogP contribution in [0.3, 0.4) is 0 Å². The van der Waals surface area contributed by atoms with Crippen LogP contribution in [0.15, 0.2) is 30.2 Å². The maximum absolute atomic E-state index is 11.3. The average molecular weight is 396 g/mol. The standard InChI is InChI=1S/C17H17Cl2N.C4H7F.CH4/c1-3-12-9-15-16(10-14(12)7-5-6-8-18)20-11-13(4-2)17(15)19;1-3-4(2)5;/h2,9-11H,3,5-8H2,1H3;3H,1-2H3;1H4/b;4-3+;. The third kappa shape index (κ3) is 6.98. The summed E-state index contributed by atoms with van der Waals surface area (Å²) in [6.07, 6.45) is 12.7. The zero-order valence-electron chi connectivity index (χ0n) is 15.0. The average Bonchev–Trinajstić information content (AvgIpc) is 2.62. The van der Waals surface area contributed by atoms with E-state index in [4.69, 9.17) is 29.6 Å². The van der Waals surface area contributed by atoms with E-state index in [1.54, 1.807) is 13.1 Å². The number of aromatic nitrogens is 1. The first kappa shape index (κ1) is 24.4. The number of pyridine rings is 1. The van der Waals surface area contributed by atoms with Gasteiger partial charge in [0.1, 0.15) is 0 Å². The van der Waals surface area contributed by atoms with Crippen LogP contribution < -0.4 is 0 Å². The van der Waals surface area contributed by atoms with Gasteiger partial charge in [0.05, 0.1) is 21.9 Å². The highest BCUT2D eigenvalue weighted by molar-refractivity contribution is 6.36. The van der Waals surface area contributed by atoms with Gasteiger partial charge in [-0.2, -0.15) is 0 Å². The summed E-state index contributed by atoms with van der Waals surface area (Å²) in [6.45, 7) is 5.23. The first-order chi connectivity index (χ1) is 12.0. The molecule has 0 unspecified atom stereocenters. The Morgan fingerprint density at radius 2 is 1.96 bits per heavy atom. The highest BCUT2D eigenvalue weighted by atomic mass is 35.5. The van der Waals surface area contributed by atoms with Crippen molar-refractivity contribution in [1.29, 1.82) is 0 Å². The number of allylic oxidation sites excluding steroid dienone is 2. The van der Waals surface area contributed by atoms with Gasteiger partial charge in [-0.3, -0.25) is 4.98 Å². The molecule has 0 fully saturated rings. The maximum Gasteiger partial charge on any atom is 0.0926 e. The fraction of sp³-hybridized carbons (Fsp3) is 0.409. The summed E-state index contributed by atoms with van der Waals surface area (Å²) >= 11 is 12.1. The minimum absolute atomic E-state index is 0. The Morgan fingerprint density at radius 1 is 1.31 bits per heavy atom. The summed E-state index contributed by atoms with van der Waals surface area (Å²) in [5.41, 5.74) is 4.20. The van der Waals surface area contributed by atoms with E-state index in [1.807, 2.05) is 0 Å². The predicted molar refractivity (Wildman–Crippen MR) is 115 cm³/mol. The lowest BCUT2D eigenvalue weighted by atomic mass is 9.97. The SMILES string of the molecule is C.C#Cc1cnc2cc(CCCCCl)c(CC)cc2c1Cl.C/C=C(\C)F. The number of terminal acetylenes is 1. The van der Waals surface area contributed by atoms with E-state index >= 15 is 0 Å². The third-order valence-electron chi connectivity index (χ3n) is 3.89. The minimum Gasteiger partial charge on any atom is -0.255 e. The normalized spacial score (nSPS) is 10.6. The van der Waals surface area contributed by atoms with Gasteiger partial charge in [-0.15, -0.1) is 18.0 Å². The lowest BCUT2D eigenvalue weighted by molar-refractivity contribution is 0.638. The summed E-state index contributed by atoms with van der Waals surface area (Å²) < 4.78 is 11.3. The Bertz CT molecular complexity index is 772.